The van der Waals surface area contributed by atoms with E-state index in [9.17, 15) is 13.9 Å². The Labute approximate surface area is 278 Å². The van der Waals surface area contributed by atoms with Crippen LogP contribution in [0, 0.1) is 18.6 Å². The summed E-state index contributed by atoms with van der Waals surface area (Å²) in [4.78, 5) is 13.1. The number of nitrogens with zero attached hydrogens (tertiary/aromatic N) is 3. The highest BCUT2D eigenvalue weighted by molar-refractivity contribution is 5.63. The van der Waals surface area contributed by atoms with Gasteiger partial charge in [-0.2, -0.15) is 0 Å². The lowest BCUT2D eigenvalue weighted by Crippen LogP contribution is -2.17. The van der Waals surface area contributed by atoms with Crippen molar-refractivity contribution in [3.8, 4) is 22.5 Å². The molecule has 248 valence electrons. The van der Waals surface area contributed by atoms with Gasteiger partial charge in [-0.1, -0.05) is 41.5 Å². The van der Waals surface area contributed by atoms with Gasteiger partial charge < -0.3 is 16.6 Å². The maximum Gasteiger partial charge on any atom is 0.123 e. The summed E-state index contributed by atoms with van der Waals surface area (Å²) in [6, 6.07) is 21.8. The van der Waals surface area contributed by atoms with E-state index in [1.54, 1.807) is 50.5 Å². The monoisotopic (exact) mass is 639 g/mol. The van der Waals surface area contributed by atoms with E-state index in [1.165, 1.54) is 24.3 Å². The SMILES string of the molecule is CC(C)(C)c1nc(-c2ccc(F)cc2)ccc1N.CC(C)(C)c1ncccc1N.Cc1cnc(-c2ccc(F)cc2)cc1C(C)(C)O. The van der Waals surface area contributed by atoms with Crippen molar-refractivity contribution in [3.63, 3.8) is 0 Å². The first-order valence-corrected chi connectivity index (χ1v) is 15.5. The molecule has 5 rings (SSSR count). The Morgan fingerprint density at radius 1 is 0.617 bits per heavy atom. The molecule has 0 bridgehead atoms. The number of rotatable bonds is 3. The molecule has 0 atom stereocenters. The van der Waals surface area contributed by atoms with Gasteiger partial charge in [0.15, 0.2) is 0 Å². The van der Waals surface area contributed by atoms with Gasteiger partial charge in [-0.15, -0.1) is 0 Å². The number of halogens is 2. The second-order valence-electron chi connectivity index (χ2n) is 14.0. The molecule has 3 heterocycles. The van der Waals surface area contributed by atoms with E-state index in [4.69, 9.17) is 11.5 Å². The first-order chi connectivity index (χ1) is 21.8. The number of pyridine rings is 3. The van der Waals surface area contributed by atoms with Crippen molar-refractivity contribution in [2.24, 2.45) is 0 Å². The fraction of sp³-hybridized carbons (Fsp3) is 0.308. The van der Waals surface area contributed by atoms with Crippen LogP contribution in [-0.4, -0.2) is 20.1 Å². The summed E-state index contributed by atoms with van der Waals surface area (Å²) in [6.45, 7) is 17.9. The summed E-state index contributed by atoms with van der Waals surface area (Å²) in [5, 5.41) is 10.1. The Morgan fingerprint density at radius 3 is 1.55 bits per heavy atom. The molecule has 5 N–H and O–H groups in total. The van der Waals surface area contributed by atoms with Gasteiger partial charge in [0.1, 0.15) is 11.6 Å². The molecule has 0 spiro atoms. The molecule has 0 aliphatic carbocycles. The molecule has 3 aromatic heterocycles. The molecule has 6 nitrogen and oxygen atoms in total. The van der Waals surface area contributed by atoms with Crippen LogP contribution in [0.1, 0.15) is 77.9 Å². The number of hydrogen-bond donors (Lipinski definition) is 3. The number of nitrogen functional groups attached to an aromatic ring is 2. The van der Waals surface area contributed by atoms with E-state index >= 15 is 0 Å². The van der Waals surface area contributed by atoms with Crippen molar-refractivity contribution in [1.29, 1.82) is 0 Å². The topological polar surface area (TPSA) is 111 Å². The highest BCUT2D eigenvalue weighted by Crippen LogP contribution is 2.30. The average molecular weight is 640 g/mol. The molecule has 0 saturated carbocycles. The summed E-state index contributed by atoms with van der Waals surface area (Å²) in [7, 11) is 0. The maximum absolute atomic E-state index is 12.9. The fourth-order valence-electron chi connectivity index (χ4n) is 4.86. The second kappa shape index (κ2) is 14.8. The molecule has 0 unspecified atom stereocenters. The maximum atomic E-state index is 12.9. The molecular formula is C39H47F2N5O. The highest BCUT2D eigenvalue weighted by Gasteiger charge is 2.21. The Balaban J connectivity index is 0.000000198. The molecule has 0 fully saturated rings. The number of aromatic nitrogens is 3. The minimum absolute atomic E-state index is 0.0470. The van der Waals surface area contributed by atoms with Crippen LogP contribution < -0.4 is 11.5 Å². The number of nitrogens with two attached hydrogens (primary N) is 2. The molecule has 8 heteroatoms. The standard InChI is InChI=1S/C15H17FN2.C15H16FNO.C9H14N2/c1-15(2,3)14-12(17)8-9-13(18-14)10-4-6-11(16)7-5-10;1-10-9-17-14(8-13(10)15(2,3)18)11-4-6-12(16)7-5-11;1-9(2,3)8-7(10)5-4-6-11-8/h4-9H,17H2,1-3H3;4-9,18H,1-3H3;4-6H,10H2,1-3H3. The smallest absolute Gasteiger partial charge is 0.123 e. The van der Waals surface area contributed by atoms with Crippen molar-refractivity contribution >= 4 is 11.4 Å². The van der Waals surface area contributed by atoms with Crippen LogP contribution in [0.25, 0.3) is 22.5 Å². The van der Waals surface area contributed by atoms with Crippen LogP contribution in [-0.2, 0) is 16.4 Å². The molecule has 0 aliphatic heterocycles. The van der Waals surface area contributed by atoms with Crippen LogP contribution in [0.5, 0.6) is 0 Å². The number of benzene rings is 2. The minimum atomic E-state index is -0.915. The quantitative estimate of drug-likeness (QED) is 0.182. The Bertz CT molecular complexity index is 1660. The van der Waals surface area contributed by atoms with Crippen LogP contribution in [0.2, 0.25) is 0 Å². The van der Waals surface area contributed by atoms with Gasteiger partial charge in [0, 0.05) is 34.4 Å². The second-order valence-corrected chi connectivity index (χ2v) is 14.0. The van der Waals surface area contributed by atoms with E-state index in [0.717, 1.165) is 50.7 Å². The number of aliphatic hydroxyl groups is 1. The highest BCUT2D eigenvalue weighted by atomic mass is 19.1. The third kappa shape index (κ3) is 10.4. The van der Waals surface area contributed by atoms with E-state index in [0.29, 0.717) is 5.69 Å². The predicted molar refractivity (Wildman–Crippen MR) is 190 cm³/mol. The Hall–Kier alpha value is -4.69. The normalized spacial score (nSPS) is 11.6. The van der Waals surface area contributed by atoms with Crippen LogP contribution >= 0.6 is 0 Å². The number of anilines is 2. The van der Waals surface area contributed by atoms with E-state index < -0.39 is 5.60 Å². The first-order valence-electron chi connectivity index (χ1n) is 15.5. The summed E-state index contributed by atoms with van der Waals surface area (Å²) in [5.74, 6) is -0.515. The van der Waals surface area contributed by atoms with Gasteiger partial charge >= 0.3 is 0 Å². The fourth-order valence-corrected chi connectivity index (χ4v) is 4.86. The Kier molecular flexibility index (Phi) is 11.6. The van der Waals surface area contributed by atoms with Crippen LogP contribution in [0.15, 0.2) is 91.3 Å². The lowest BCUT2D eigenvalue weighted by molar-refractivity contribution is 0.0779. The zero-order valence-corrected chi connectivity index (χ0v) is 28.9. The van der Waals surface area contributed by atoms with Gasteiger partial charge in [-0.25, -0.2) is 8.78 Å². The molecule has 47 heavy (non-hydrogen) atoms. The lowest BCUT2D eigenvalue weighted by atomic mass is 9.90. The lowest BCUT2D eigenvalue weighted by Gasteiger charge is -2.20. The molecular weight excluding hydrogens is 592 g/mol. The molecule has 0 radical (unpaired) electrons. The molecule has 5 aromatic rings. The van der Waals surface area contributed by atoms with E-state index in [-0.39, 0.29) is 22.5 Å². The minimum Gasteiger partial charge on any atom is -0.397 e. The predicted octanol–water partition coefficient (Wildman–Crippen LogP) is 9.15. The van der Waals surface area contributed by atoms with Crippen molar-refractivity contribution in [2.75, 3.05) is 11.5 Å². The number of aryl methyl sites for hydroxylation is 1. The summed E-state index contributed by atoms with van der Waals surface area (Å²) in [5.41, 5.74) is 19.1. The van der Waals surface area contributed by atoms with Gasteiger partial charge in [0.05, 0.1) is 39.8 Å². The van der Waals surface area contributed by atoms with Gasteiger partial charge in [0.25, 0.3) is 0 Å². The average Bonchev–Trinajstić information content (AvgIpc) is 2.98. The van der Waals surface area contributed by atoms with E-state index in [2.05, 4.69) is 56.5 Å². The van der Waals surface area contributed by atoms with Crippen molar-refractivity contribution < 1.29 is 13.9 Å². The zero-order chi connectivity index (χ0) is 35.2. The van der Waals surface area contributed by atoms with E-state index in [1.807, 2.05) is 37.3 Å². The molecule has 0 aliphatic rings. The van der Waals surface area contributed by atoms with Crippen molar-refractivity contribution in [2.45, 2.75) is 78.7 Å². The van der Waals surface area contributed by atoms with Crippen LogP contribution in [0.3, 0.4) is 0 Å². The summed E-state index contributed by atoms with van der Waals surface area (Å²) < 4.78 is 25.8. The third-order valence-corrected chi connectivity index (χ3v) is 7.23. The molecule has 0 amide bonds. The zero-order valence-electron chi connectivity index (χ0n) is 28.9. The summed E-state index contributed by atoms with van der Waals surface area (Å²) >= 11 is 0. The third-order valence-electron chi connectivity index (χ3n) is 7.23. The number of hydrogen-bond acceptors (Lipinski definition) is 6. The van der Waals surface area contributed by atoms with Gasteiger partial charge in [-0.05, 0) is 111 Å². The molecule has 2 aromatic carbocycles. The molecule has 0 saturated heterocycles. The Morgan fingerprint density at radius 2 is 1.11 bits per heavy atom. The first kappa shape index (κ1) is 36.8. The van der Waals surface area contributed by atoms with Gasteiger partial charge in [0.2, 0.25) is 0 Å². The van der Waals surface area contributed by atoms with Crippen molar-refractivity contribution in [3.05, 3.63) is 125 Å². The van der Waals surface area contributed by atoms with Gasteiger partial charge in [-0.3, -0.25) is 15.0 Å². The van der Waals surface area contributed by atoms with Crippen molar-refractivity contribution in [1.82, 2.24) is 15.0 Å². The van der Waals surface area contributed by atoms with Crippen LogP contribution in [0.4, 0.5) is 20.2 Å². The largest absolute Gasteiger partial charge is 0.397 e. The summed E-state index contributed by atoms with van der Waals surface area (Å²) in [6.07, 6.45) is 3.50.